The number of carbonyl (C=O) groups excluding carboxylic acids is 1. The molecule has 1 fully saturated rings. The molecule has 1 heterocycles. The van der Waals surface area contributed by atoms with Gasteiger partial charge in [0.2, 0.25) is 5.91 Å². The number of hydrogen-bond donors (Lipinski definition) is 2. The first-order valence-electron chi connectivity index (χ1n) is 7.88. The Kier molecular flexibility index (Phi) is 3.66. The van der Waals surface area contributed by atoms with Crippen molar-refractivity contribution in [2.24, 2.45) is 13.0 Å². The van der Waals surface area contributed by atoms with Gasteiger partial charge in [0.15, 0.2) is 0 Å². The van der Waals surface area contributed by atoms with E-state index in [2.05, 4.69) is 31.2 Å². The van der Waals surface area contributed by atoms with Gasteiger partial charge in [-0.2, -0.15) is 5.10 Å². The van der Waals surface area contributed by atoms with Crippen LogP contribution in [0.2, 0.25) is 0 Å². The second-order valence-corrected chi connectivity index (χ2v) is 7.37. The Labute approximate surface area is 136 Å². The van der Waals surface area contributed by atoms with Gasteiger partial charge < -0.3 is 10.4 Å². The summed E-state index contributed by atoms with van der Waals surface area (Å²) in [5.74, 6) is 0.249. The second-order valence-electron chi connectivity index (χ2n) is 7.37. The molecule has 5 nitrogen and oxygen atoms in total. The van der Waals surface area contributed by atoms with Gasteiger partial charge in [-0.1, -0.05) is 26.8 Å². The zero-order valence-corrected chi connectivity index (χ0v) is 14.0. The predicted molar refractivity (Wildman–Crippen MR) is 89.5 cm³/mol. The first kappa shape index (κ1) is 15.6. The molecule has 3 rings (SSSR count). The highest BCUT2D eigenvalue weighted by Gasteiger charge is 2.44. The predicted octanol–water partition coefficient (Wildman–Crippen LogP) is 3.17. The molecule has 2 aromatic rings. The van der Waals surface area contributed by atoms with Gasteiger partial charge in [0.25, 0.3) is 0 Å². The van der Waals surface area contributed by atoms with Crippen LogP contribution in [0.1, 0.15) is 44.2 Å². The van der Waals surface area contributed by atoms with Gasteiger partial charge in [-0.15, -0.1) is 0 Å². The van der Waals surface area contributed by atoms with Crippen molar-refractivity contribution in [2.75, 3.05) is 5.32 Å². The monoisotopic (exact) mass is 313 g/mol. The Bertz CT molecular complexity index is 743. The Morgan fingerprint density at radius 3 is 2.74 bits per heavy atom. The molecule has 1 aromatic heterocycles. The molecular formula is C18H23N3O2. The molecule has 1 amide bonds. The Morgan fingerprint density at radius 2 is 2.13 bits per heavy atom. The lowest BCUT2D eigenvalue weighted by molar-refractivity contribution is -0.117. The van der Waals surface area contributed by atoms with Crippen molar-refractivity contribution >= 4 is 11.6 Å². The van der Waals surface area contributed by atoms with Crippen molar-refractivity contribution in [1.82, 2.24) is 9.78 Å². The zero-order chi connectivity index (χ0) is 16.8. The normalized spacial score (nSPS) is 20.3. The summed E-state index contributed by atoms with van der Waals surface area (Å²) in [6.07, 6.45) is 4.60. The Hall–Kier alpha value is -2.30. The molecule has 1 aromatic carbocycles. The van der Waals surface area contributed by atoms with Crippen molar-refractivity contribution < 1.29 is 9.90 Å². The van der Waals surface area contributed by atoms with Gasteiger partial charge in [-0.05, 0) is 41.0 Å². The van der Waals surface area contributed by atoms with Crippen LogP contribution in [0, 0.1) is 5.92 Å². The maximum atomic E-state index is 12.4. The van der Waals surface area contributed by atoms with Crippen LogP contribution >= 0.6 is 0 Å². The largest absolute Gasteiger partial charge is 0.506 e. The van der Waals surface area contributed by atoms with Gasteiger partial charge in [0.1, 0.15) is 5.75 Å². The maximum Gasteiger partial charge on any atom is 0.228 e. The van der Waals surface area contributed by atoms with E-state index in [-0.39, 0.29) is 28.9 Å². The second kappa shape index (κ2) is 5.41. The van der Waals surface area contributed by atoms with Crippen LogP contribution < -0.4 is 5.32 Å². The molecule has 2 N–H and O–H groups in total. The maximum absolute atomic E-state index is 12.4. The zero-order valence-electron chi connectivity index (χ0n) is 14.0. The summed E-state index contributed by atoms with van der Waals surface area (Å²) in [6.45, 7) is 6.30. The van der Waals surface area contributed by atoms with Crippen LogP contribution in [0.4, 0.5) is 5.69 Å². The van der Waals surface area contributed by atoms with E-state index < -0.39 is 0 Å². The lowest BCUT2D eigenvalue weighted by Gasteiger charge is -2.20. The van der Waals surface area contributed by atoms with Crippen molar-refractivity contribution in [3.8, 4) is 5.75 Å². The Morgan fingerprint density at radius 1 is 1.39 bits per heavy atom. The number of amides is 1. The van der Waals surface area contributed by atoms with Crippen molar-refractivity contribution in [3.63, 3.8) is 0 Å². The molecule has 1 saturated carbocycles. The minimum absolute atomic E-state index is 0.0367. The number of benzene rings is 1. The van der Waals surface area contributed by atoms with Gasteiger partial charge >= 0.3 is 0 Å². The van der Waals surface area contributed by atoms with E-state index in [9.17, 15) is 9.90 Å². The molecule has 0 saturated heterocycles. The fourth-order valence-electron chi connectivity index (χ4n) is 2.81. The number of phenols is 1. The average molecular weight is 313 g/mol. The number of nitrogens with one attached hydrogen (secondary N) is 1. The van der Waals surface area contributed by atoms with Crippen LogP contribution in [0.25, 0.3) is 0 Å². The van der Waals surface area contributed by atoms with Gasteiger partial charge in [0, 0.05) is 19.2 Å². The van der Waals surface area contributed by atoms with Gasteiger partial charge in [-0.25, -0.2) is 0 Å². The highest BCUT2D eigenvalue weighted by Crippen LogP contribution is 2.48. The van der Waals surface area contributed by atoms with E-state index in [0.29, 0.717) is 5.69 Å². The van der Waals surface area contributed by atoms with E-state index in [1.165, 1.54) is 0 Å². The fraction of sp³-hybridized carbons (Fsp3) is 0.444. The van der Waals surface area contributed by atoms with Crippen molar-refractivity contribution in [1.29, 1.82) is 0 Å². The van der Waals surface area contributed by atoms with Crippen LogP contribution in [0.15, 0.2) is 30.6 Å². The smallest absolute Gasteiger partial charge is 0.228 e. The highest BCUT2D eigenvalue weighted by molar-refractivity contribution is 5.96. The van der Waals surface area contributed by atoms with Gasteiger partial charge in [-0.3, -0.25) is 9.48 Å². The number of aryl methyl sites for hydroxylation is 1. The molecule has 0 aliphatic heterocycles. The highest BCUT2D eigenvalue weighted by atomic mass is 16.3. The molecule has 0 bridgehead atoms. The summed E-state index contributed by atoms with van der Waals surface area (Å²) < 4.78 is 1.75. The third-order valence-electron chi connectivity index (χ3n) is 4.40. The molecule has 2 atom stereocenters. The van der Waals surface area contributed by atoms with Crippen molar-refractivity contribution in [3.05, 3.63) is 41.7 Å². The number of aromatic hydroxyl groups is 1. The third-order valence-corrected chi connectivity index (χ3v) is 4.40. The van der Waals surface area contributed by atoms with Crippen LogP contribution in [-0.4, -0.2) is 20.8 Å². The number of anilines is 1. The molecule has 122 valence electrons. The number of carbonyl (C=O) groups is 1. The average Bonchev–Trinajstić information content (AvgIpc) is 3.15. The first-order valence-corrected chi connectivity index (χ1v) is 7.88. The van der Waals surface area contributed by atoms with E-state index in [1.54, 1.807) is 10.7 Å². The number of hydrogen-bond acceptors (Lipinski definition) is 3. The molecule has 1 aliphatic rings. The molecule has 23 heavy (non-hydrogen) atoms. The molecule has 5 heteroatoms. The molecule has 0 spiro atoms. The summed E-state index contributed by atoms with van der Waals surface area (Å²) in [5, 5.41) is 17.0. The number of rotatable bonds is 3. The lowest BCUT2D eigenvalue weighted by Crippen LogP contribution is -2.16. The van der Waals surface area contributed by atoms with Crippen LogP contribution in [-0.2, 0) is 17.3 Å². The summed E-state index contributed by atoms with van der Waals surface area (Å²) in [6, 6.07) is 5.39. The summed E-state index contributed by atoms with van der Waals surface area (Å²) >= 11 is 0. The number of nitrogens with zero attached hydrogens (tertiary/aromatic N) is 2. The number of aromatic nitrogens is 2. The van der Waals surface area contributed by atoms with E-state index in [0.717, 1.165) is 17.5 Å². The third kappa shape index (κ3) is 3.23. The standard InChI is InChI=1S/C18H23N3O2/c1-18(2,3)12-5-6-16(22)15(7-12)20-17(23)14-8-13(14)11-9-19-21(4)10-11/h5-7,9-10,13-14,22H,8H2,1-4H3,(H,20,23)/t13-,14-/m1/s1. The first-order chi connectivity index (χ1) is 10.8. The van der Waals surface area contributed by atoms with Crippen molar-refractivity contribution in [2.45, 2.75) is 38.5 Å². The SMILES string of the molecule is Cn1cc([C@H]2C[C@H]2C(=O)Nc2cc(C(C)(C)C)ccc2O)cn1. The lowest BCUT2D eigenvalue weighted by atomic mass is 9.87. The molecule has 0 radical (unpaired) electrons. The van der Waals surface area contributed by atoms with Gasteiger partial charge in [0.05, 0.1) is 11.9 Å². The van der Waals surface area contributed by atoms with E-state index in [4.69, 9.17) is 0 Å². The summed E-state index contributed by atoms with van der Waals surface area (Å²) in [5.41, 5.74) is 2.62. The van der Waals surface area contributed by atoms with E-state index >= 15 is 0 Å². The molecule has 0 unspecified atom stereocenters. The molecule has 1 aliphatic carbocycles. The topological polar surface area (TPSA) is 67.2 Å². The fourth-order valence-corrected chi connectivity index (χ4v) is 2.81. The summed E-state index contributed by atoms with van der Waals surface area (Å²) in [4.78, 5) is 12.4. The summed E-state index contributed by atoms with van der Waals surface area (Å²) in [7, 11) is 1.87. The van der Waals surface area contributed by atoms with E-state index in [1.807, 2.05) is 31.6 Å². The number of phenolic OH excluding ortho intramolecular Hbond substituents is 1. The quantitative estimate of drug-likeness (QED) is 0.855. The van der Waals surface area contributed by atoms with Crippen LogP contribution in [0.3, 0.4) is 0 Å². The minimum atomic E-state index is -0.0445. The molecular weight excluding hydrogens is 290 g/mol. The van der Waals surface area contributed by atoms with Crippen LogP contribution in [0.5, 0.6) is 5.75 Å². The Balaban J connectivity index is 1.72. The minimum Gasteiger partial charge on any atom is -0.506 e.